The van der Waals surface area contributed by atoms with Gasteiger partial charge >= 0.3 is 0 Å². The summed E-state index contributed by atoms with van der Waals surface area (Å²) in [4.78, 5) is 7.88. The Morgan fingerprint density at radius 3 is 2.73 bits per heavy atom. The zero-order valence-electron chi connectivity index (χ0n) is 9.13. The van der Waals surface area contributed by atoms with E-state index in [1.165, 1.54) is 0 Å². The molecule has 0 radical (unpaired) electrons. The van der Waals surface area contributed by atoms with E-state index in [2.05, 4.69) is 29.1 Å². The van der Waals surface area contributed by atoms with Gasteiger partial charge in [0.15, 0.2) is 0 Å². The molecule has 4 nitrogen and oxygen atoms in total. The first-order chi connectivity index (χ1) is 7.15. The lowest BCUT2D eigenvalue weighted by atomic mass is 10.1. The van der Waals surface area contributed by atoms with E-state index in [1.54, 1.807) is 6.07 Å². The van der Waals surface area contributed by atoms with Crippen LogP contribution in [0, 0.1) is 0 Å². The van der Waals surface area contributed by atoms with Crippen molar-refractivity contribution in [1.29, 1.82) is 0 Å². The lowest BCUT2D eigenvalue weighted by Gasteiger charge is -2.16. The second-order valence-electron chi connectivity index (χ2n) is 3.47. The third-order valence-corrected chi connectivity index (χ3v) is 2.39. The number of rotatable bonds is 5. The normalized spacial score (nSPS) is 12.5. The minimum absolute atomic E-state index is 0.205. The fourth-order valence-corrected chi connectivity index (χ4v) is 1.64. The highest BCUT2D eigenvalue weighted by molar-refractivity contribution is 6.29. The van der Waals surface area contributed by atoms with Crippen molar-refractivity contribution in [1.82, 2.24) is 9.97 Å². The fourth-order valence-electron chi connectivity index (χ4n) is 1.45. The fraction of sp³-hybridized carbons (Fsp3) is 0.600. The molecule has 0 spiro atoms. The minimum atomic E-state index is 0.205. The van der Waals surface area contributed by atoms with Gasteiger partial charge in [-0.2, -0.15) is 4.98 Å². The molecule has 1 unspecified atom stereocenters. The monoisotopic (exact) mass is 228 g/mol. The number of hydrogen-bond donors (Lipinski definition) is 2. The molecular weight excluding hydrogens is 212 g/mol. The number of aromatic nitrogens is 2. The number of hydrogen-bond acceptors (Lipinski definition) is 4. The van der Waals surface area contributed by atoms with Crippen molar-refractivity contribution < 1.29 is 0 Å². The Morgan fingerprint density at radius 1 is 1.47 bits per heavy atom. The first-order valence-electron chi connectivity index (χ1n) is 5.22. The van der Waals surface area contributed by atoms with Gasteiger partial charge in [0, 0.05) is 12.1 Å². The van der Waals surface area contributed by atoms with E-state index in [-0.39, 0.29) is 5.95 Å². The highest BCUT2D eigenvalue weighted by Gasteiger charge is 2.07. The summed E-state index contributed by atoms with van der Waals surface area (Å²) in [6.45, 7) is 4.30. The lowest BCUT2D eigenvalue weighted by molar-refractivity contribution is 0.620. The smallest absolute Gasteiger partial charge is 0.223 e. The molecule has 1 heterocycles. The molecule has 0 aliphatic carbocycles. The molecule has 15 heavy (non-hydrogen) atoms. The molecule has 1 aromatic rings. The van der Waals surface area contributed by atoms with Gasteiger partial charge in [-0.1, -0.05) is 31.9 Å². The molecule has 0 aliphatic heterocycles. The molecule has 0 aliphatic rings. The number of anilines is 2. The number of nitrogen functional groups attached to an aromatic ring is 1. The summed E-state index contributed by atoms with van der Waals surface area (Å²) in [6, 6.07) is 2.11. The second kappa shape index (κ2) is 5.75. The van der Waals surface area contributed by atoms with E-state index in [0.29, 0.717) is 17.0 Å². The molecule has 0 aromatic carbocycles. The van der Waals surface area contributed by atoms with Gasteiger partial charge in [0.25, 0.3) is 0 Å². The Labute approximate surface area is 95.3 Å². The third-order valence-electron chi connectivity index (χ3n) is 2.19. The van der Waals surface area contributed by atoms with Crippen LogP contribution in [-0.4, -0.2) is 16.0 Å². The maximum atomic E-state index is 5.78. The first kappa shape index (κ1) is 12.0. The molecule has 3 N–H and O–H groups in total. The molecule has 0 saturated heterocycles. The Hall–Kier alpha value is -1.03. The Bertz CT molecular complexity index is 296. The molecule has 0 amide bonds. The topological polar surface area (TPSA) is 63.8 Å². The van der Waals surface area contributed by atoms with Gasteiger partial charge < -0.3 is 11.1 Å². The van der Waals surface area contributed by atoms with Crippen LogP contribution in [0.2, 0.25) is 5.15 Å². The Balaban J connectivity index is 2.69. The zero-order chi connectivity index (χ0) is 11.3. The van der Waals surface area contributed by atoms with Crippen LogP contribution in [0.15, 0.2) is 6.07 Å². The average Bonchev–Trinajstić information content (AvgIpc) is 2.15. The van der Waals surface area contributed by atoms with Gasteiger partial charge in [0.1, 0.15) is 11.0 Å². The molecule has 1 atom stereocenters. The van der Waals surface area contributed by atoms with Gasteiger partial charge in [-0.25, -0.2) is 4.98 Å². The van der Waals surface area contributed by atoms with Crippen LogP contribution in [0.1, 0.15) is 33.1 Å². The van der Waals surface area contributed by atoms with Crippen molar-refractivity contribution in [2.45, 2.75) is 39.2 Å². The summed E-state index contributed by atoms with van der Waals surface area (Å²) in [5.41, 5.74) is 5.50. The summed E-state index contributed by atoms with van der Waals surface area (Å²) in [6.07, 6.45) is 3.30. The molecule has 5 heteroatoms. The SMILES string of the molecule is CCCC(CC)Nc1cc(Cl)nc(N)n1. The summed E-state index contributed by atoms with van der Waals surface area (Å²) in [5, 5.41) is 3.67. The number of halogens is 1. The standard InChI is InChI=1S/C10H17ClN4/c1-3-5-7(4-2)13-9-6-8(11)14-10(12)15-9/h6-7H,3-5H2,1-2H3,(H3,12,13,14,15). The minimum Gasteiger partial charge on any atom is -0.368 e. The maximum Gasteiger partial charge on any atom is 0.223 e. The van der Waals surface area contributed by atoms with Crippen molar-refractivity contribution in [3.8, 4) is 0 Å². The van der Waals surface area contributed by atoms with Crippen molar-refractivity contribution in [2.75, 3.05) is 11.1 Å². The third kappa shape index (κ3) is 3.91. The van der Waals surface area contributed by atoms with Crippen LogP contribution < -0.4 is 11.1 Å². The molecule has 1 aromatic heterocycles. The second-order valence-corrected chi connectivity index (χ2v) is 3.86. The summed E-state index contributed by atoms with van der Waals surface area (Å²) in [7, 11) is 0. The van der Waals surface area contributed by atoms with Crippen LogP contribution in [0.25, 0.3) is 0 Å². The maximum absolute atomic E-state index is 5.78. The summed E-state index contributed by atoms with van der Waals surface area (Å²) >= 11 is 5.78. The number of nitrogens with zero attached hydrogens (tertiary/aromatic N) is 2. The number of nitrogens with two attached hydrogens (primary N) is 1. The number of nitrogens with one attached hydrogen (secondary N) is 1. The van der Waals surface area contributed by atoms with Crippen LogP contribution in [0.4, 0.5) is 11.8 Å². The Kier molecular flexibility index (Phi) is 4.62. The van der Waals surface area contributed by atoms with Crippen molar-refractivity contribution in [2.24, 2.45) is 0 Å². The predicted octanol–water partition coefficient (Wildman–Crippen LogP) is 2.70. The van der Waals surface area contributed by atoms with E-state index >= 15 is 0 Å². The van der Waals surface area contributed by atoms with Crippen molar-refractivity contribution in [3.05, 3.63) is 11.2 Å². The summed E-state index contributed by atoms with van der Waals surface area (Å²) < 4.78 is 0. The molecule has 0 saturated carbocycles. The van der Waals surface area contributed by atoms with E-state index < -0.39 is 0 Å². The van der Waals surface area contributed by atoms with Gasteiger partial charge in [-0.15, -0.1) is 0 Å². The molecular formula is C10H17ClN4. The lowest BCUT2D eigenvalue weighted by Crippen LogP contribution is -2.19. The average molecular weight is 229 g/mol. The van der Waals surface area contributed by atoms with Crippen LogP contribution in [-0.2, 0) is 0 Å². The largest absolute Gasteiger partial charge is 0.368 e. The van der Waals surface area contributed by atoms with E-state index in [1.807, 2.05) is 0 Å². The Morgan fingerprint density at radius 2 is 2.20 bits per heavy atom. The zero-order valence-corrected chi connectivity index (χ0v) is 9.88. The summed E-state index contributed by atoms with van der Waals surface area (Å²) in [5.74, 6) is 0.907. The van der Waals surface area contributed by atoms with Gasteiger partial charge in [-0.05, 0) is 12.8 Å². The molecule has 0 fully saturated rings. The van der Waals surface area contributed by atoms with Crippen LogP contribution in [0.3, 0.4) is 0 Å². The van der Waals surface area contributed by atoms with E-state index in [9.17, 15) is 0 Å². The van der Waals surface area contributed by atoms with Crippen LogP contribution >= 0.6 is 11.6 Å². The van der Waals surface area contributed by atoms with Gasteiger partial charge in [-0.3, -0.25) is 0 Å². The van der Waals surface area contributed by atoms with Crippen molar-refractivity contribution in [3.63, 3.8) is 0 Å². The highest BCUT2D eigenvalue weighted by atomic mass is 35.5. The van der Waals surface area contributed by atoms with Gasteiger partial charge in [0.05, 0.1) is 0 Å². The van der Waals surface area contributed by atoms with E-state index in [4.69, 9.17) is 17.3 Å². The predicted molar refractivity (Wildman–Crippen MR) is 64.1 cm³/mol. The molecule has 0 bridgehead atoms. The molecule has 1 rings (SSSR count). The van der Waals surface area contributed by atoms with E-state index in [0.717, 1.165) is 19.3 Å². The van der Waals surface area contributed by atoms with Crippen molar-refractivity contribution >= 4 is 23.4 Å². The highest BCUT2D eigenvalue weighted by Crippen LogP contribution is 2.15. The van der Waals surface area contributed by atoms with Gasteiger partial charge in [0.2, 0.25) is 5.95 Å². The quantitative estimate of drug-likeness (QED) is 0.761. The molecule has 84 valence electrons. The first-order valence-corrected chi connectivity index (χ1v) is 5.60. The van der Waals surface area contributed by atoms with Crippen LogP contribution in [0.5, 0.6) is 0 Å².